The molecule has 0 aromatic heterocycles. The highest BCUT2D eigenvalue weighted by molar-refractivity contribution is 6.01. The molecule has 2 atom stereocenters. The SMILES string of the molecule is COC(=O)C[C@H]1C(=O)N2C3CCC(CC3)[C@H]2C(=O)N1CC(=O)NCCCCCNC(=O)OC(C)(C)C. The first kappa shape index (κ1) is 27.7. The van der Waals surface area contributed by atoms with Gasteiger partial charge in [0.2, 0.25) is 17.7 Å². The van der Waals surface area contributed by atoms with Crippen molar-refractivity contribution in [3.63, 3.8) is 0 Å². The van der Waals surface area contributed by atoms with Crippen LogP contribution in [0, 0.1) is 5.92 Å². The highest BCUT2D eigenvalue weighted by Gasteiger charge is 2.55. The Morgan fingerprint density at radius 1 is 0.944 bits per heavy atom. The average Bonchev–Trinajstić information content (AvgIpc) is 2.82. The minimum atomic E-state index is -1.02. The molecular formula is C25H40N4O7. The molecular weight excluding hydrogens is 468 g/mol. The van der Waals surface area contributed by atoms with Crippen LogP contribution >= 0.6 is 0 Å². The standard InChI is InChI=1S/C25H40N4O7/c1-25(2,3)36-24(34)27-13-7-5-6-12-26-19(30)15-28-18(14-20(31)35-4)22(32)29-17-10-8-16(9-11-17)21(29)23(28)33/h16-18,21H,5-15H2,1-4H3,(H,26,30)(H,27,34)/t16?,17?,18-,21-/m0/s1. The molecule has 1 aliphatic carbocycles. The molecule has 4 amide bonds. The minimum Gasteiger partial charge on any atom is -0.469 e. The van der Waals surface area contributed by atoms with Crippen LogP contribution in [-0.4, -0.2) is 90.1 Å². The topological polar surface area (TPSA) is 134 Å². The summed E-state index contributed by atoms with van der Waals surface area (Å²) in [5, 5.41) is 5.50. The molecule has 0 aromatic carbocycles. The first-order valence-electron chi connectivity index (χ1n) is 12.9. The van der Waals surface area contributed by atoms with Gasteiger partial charge in [-0.05, 0) is 71.6 Å². The third-order valence-corrected chi connectivity index (χ3v) is 7.08. The number of nitrogens with zero attached hydrogens (tertiary/aromatic N) is 2. The maximum Gasteiger partial charge on any atom is 0.407 e. The molecule has 3 aliphatic heterocycles. The third kappa shape index (κ3) is 6.88. The number of fused-ring (bicyclic) bond motifs is 2. The maximum atomic E-state index is 13.5. The number of rotatable bonds is 10. The van der Waals surface area contributed by atoms with E-state index in [0.717, 1.165) is 38.5 Å². The summed E-state index contributed by atoms with van der Waals surface area (Å²) in [6, 6.07) is -1.54. The van der Waals surface area contributed by atoms with Gasteiger partial charge < -0.3 is 29.9 Å². The fraction of sp³-hybridized carbons (Fsp3) is 0.800. The van der Waals surface area contributed by atoms with Gasteiger partial charge in [-0.25, -0.2) is 4.79 Å². The van der Waals surface area contributed by atoms with Gasteiger partial charge in [0, 0.05) is 19.1 Å². The van der Waals surface area contributed by atoms with Crippen molar-refractivity contribution >= 4 is 29.8 Å². The normalized spacial score (nSPS) is 25.3. The second kappa shape index (κ2) is 11.9. The molecule has 0 unspecified atom stereocenters. The first-order valence-corrected chi connectivity index (χ1v) is 12.9. The van der Waals surface area contributed by atoms with Crippen LogP contribution in [0.15, 0.2) is 0 Å². The number of carbonyl (C=O) groups excluding carboxylic acids is 5. The second-order valence-electron chi connectivity index (χ2n) is 10.9. The zero-order valence-electron chi connectivity index (χ0n) is 21.8. The van der Waals surface area contributed by atoms with E-state index < -0.39 is 29.7 Å². The van der Waals surface area contributed by atoms with Crippen molar-refractivity contribution in [1.29, 1.82) is 0 Å². The van der Waals surface area contributed by atoms with E-state index in [-0.39, 0.29) is 42.6 Å². The fourth-order valence-corrected chi connectivity index (χ4v) is 5.41. The summed E-state index contributed by atoms with van der Waals surface area (Å²) in [6.45, 7) is 6.01. The van der Waals surface area contributed by atoms with Crippen LogP contribution < -0.4 is 10.6 Å². The van der Waals surface area contributed by atoms with Crippen molar-refractivity contribution in [2.24, 2.45) is 5.92 Å². The summed E-state index contributed by atoms with van der Waals surface area (Å²) < 4.78 is 9.93. The van der Waals surface area contributed by atoms with E-state index in [0.29, 0.717) is 19.5 Å². The molecule has 0 radical (unpaired) electrons. The van der Waals surface area contributed by atoms with E-state index in [1.807, 2.05) is 0 Å². The van der Waals surface area contributed by atoms with Crippen LogP contribution in [0.4, 0.5) is 4.79 Å². The lowest BCUT2D eigenvalue weighted by molar-refractivity contribution is -0.178. The van der Waals surface area contributed by atoms with Gasteiger partial charge in [0.25, 0.3) is 0 Å². The highest BCUT2D eigenvalue weighted by atomic mass is 16.6. The van der Waals surface area contributed by atoms with Gasteiger partial charge in [-0.3, -0.25) is 19.2 Å². The molecule has 0 aromatic rings. The predicted molar refractivity (Wildman–Crippen MR) is 130 cm³/mol. The molecule has 4 rings (SSSR count). The van der Waals surface area contributed by atoms with Gasteiger partial charge in [-0.1, -0.05) is 0 Å². The summed E-state index contributed by atoms with van der Waals surface area (Å²) in [4.78, 5) is 66.1. The molecule has 4 aliphatic rings. The molecule has 36 heavy (non-hydrogen) atoms. The van der Waals surface area contributed by atoms with Crippen LogP contribution in [0.1, 0.15) is 72.1 Å². The van der Waals surface area contributed by atoms with Crippen LogP contribution in [0.2, 0.25) is 0 Å². The van der Waals surface area contributed by atoms with Crippen molar-refractivity contribution in [3.05, 3.63) is 0 Å². The maximum absolute atomic E-state index is 13.5. The van der Waals surface area contributed by atoms with Crippen molar-refractivity contribution in [2.45, 2.75) is 95.9 Å². The Morgan fingerprint density at radius 3 is 2.19 bits per heavy atom. The Kier molecular flexibility index (Phi) is 9.19. The zero-order valence-corrected chi connectivity index (χ0v) is 21.8. The summed E-state index contributed by atoms with van der Waals surface area (Å²) in [6.07, 6.45) is 5.03. The molecule has 1 saturated carbocycles. The van der Waals surface area contributed by atoms with E-state index in [1.54, 1.807) is 25.7 Å². The molecule has 11 heteroatoms. The minimum absolute atomic E-state index is 0.0254. The number of methoxy groups -OCH3 is 1. The number of ether oxygens (including phenoxy) is 2. The number of hydrogen-bond donors (Lipinski definition) is 2. The van der Waals surface area contributed by atoms with E-state index in [1.165, 1.54) is 12.0 Å². The molecule has 202 valence electrons. The Bertz CT molecular complexity index is 848. The van der Waals surface area contributed by atoms with Gasteiger partial charge in [0.15, 0.2) is 0 Å². The molecule has 3 saturated heterocycles. The number of alkyl carbamates (subject to hydrolysis) is 1. The van der Waals surface area contributed by atoms with Crippen molar-refractivity contribution in [2.75, 3.05) is 26.7 Å². The van der Waals surface area contributed by atoms with Crippen molar-refractivity contribution in [3.8, 4) is 0 Å². The van der Waals surface area contributed by atoms with Gasteiger partial charge in [0.1, 0.15) is 24.2 Å². The average molecular weight is 509 g/mol. The number of piperazine rings is 1. The number of carbonyl (C=O) groups is 5. The number of hydrogen-bond acceptors (Lipinski definition) is 7. The highest BCUT2D eigenvalue weighted by Crippen LogP contribution is 2.43. The molecule has 4 fully saturated rings. The lowest BCUT2D eigenvalue weighted by Gasteiger charge is -2.56. The Morgan fingerprint density at radius 2 is 1.58 bits per heavy atom. The zero-order chi connectivity index (χ0) is 26.5. The van der Waals surface area contributed by atoms with E-state index in [9.17, 15) is 24.0 Å². The Labute approximate surface area is 212 Å². The number of amides is 4. The summed E-state index contributed by atoms with van der Waals surface area (Å²) in [5.41, 5.74) is -0.542. The Hall–Kier alpha value is -2.85. The molecule has 2 bridgehead atoms. The molecule has 11 nitrogen and oxygen atoms in total. The first-order chi connectivity index (χ1) is 17.0. The molecule has 3 heterocycles. The smallest absolute Gasteiger partial charge is 0.407 e. The van der Waals surface area contributed by atoms with Crippen molar-refractivity contribution < 1.29 is 33.4 Å². The van der Waals surface area contributed by atoms with Crippen LogP contribution in [0.5, 0.6) is 0 Å². The number of unbranched alkanes of at least 4 members (excludes halogenated alkanes) is 2. The van der Waals surface area contributed by atoms with Crippen LogP contribution in [0.25, 0.3) is 0 Å². The van der Waals surface area contributed by atoms with Gasteiger partial charge in [-0.2, -0.15) is 0 Å². The number of esters is 1. The van der Waals surface area contributed by atoms with E-state index >= 15 is 0 Å². The third-order valence-electron chi connectivity index (χ3n) is 7.08. The van der Waals surface area contributed by atoms with E-state index in [2.05, 4.69) is 10.6 Å². The van der Waals surface area contributed by atoms with Crippen LogP contribution in [0.3, 0.4) is 0 Å². The van der Waals surface area contributed by atoms with Gasteiger partial charge in [0.05, 0.1) is 13.5 Å². The lowest BCUT2D eigenvalue weighted by Crippen LogP contribution is -2.72. The molecule has 2 N–H and O–H groups in total. The second-order valence-corrected chi connectivity index (χ2v) is 10.9. The summed E-state index contributed by atoms with van der Waals surface area (Å²) in [7, 11) is 1.24. The predicted octanol–water partition coefficient (Wildman–Crippen LogP) is 1.34. The van der Waals surface area contributed by atoms with Crippen molar-refractivity contribution in [1.82, 2.24) is 20.4 Å². The molecule has 0 spiro atoms. The van der Waals surface area contributed by atoms with Crippen LogP contribution in [-0.2, 0) is 28.7 Å². The largest absolute Gasteiger partial charge is 0.469 e. The lowest BCUT2D eigenvalue weighted by atomic mass is 9.72. The summed E-state index contributed by atoms with van der Waals surface area (Å²) >= 11 is 0. The summed E-state index contributed by atoms with van der Waals surface area (Å²) in [5.74, 6) is -1.36. The Balaban J connectivity index is 1.48. The number of nitrogens with one attached hydrogen (secondary N) is 2. The fourth-order valence-electron chi connectivity index (χ4n) is 5.41. The number of piperidine rings is 2. The van der Waals surface area contributed by atoms with Gasteiger partial charge in [-0.15, -0.1) is 0 Å². The van der Waals surface area contributed by atoms with Gasteiger partial charge >= 0.3 is 12.1 Å². The van der Waals surface area contributed by atoms with E-state index in [4.69, 9.17) is 9.47 Å². The quantitative estimate of drug-likeness (QED) is 0.336. The monoisotopic (exact) mass is 508 g/mol.